The Morgan fingerprint density at radius 1 is 1.17 bits per heavy atom. The van der Waals surface area contributed by atoms with Crippen LogP contribution in [-0.2, 0) is 0 Å². The quantitative estimate of drug-likeness (QED) is 0.754. The lowest BCUT2D eigenvalue weighted by Crippen LogP contribution is -2.28. The van der Waals surface area contributed by atoms with E-state index in [9.17, 15) is 4.79 Å². The molecule has 0 unspecified atom stereocenters. The van der Waals surface area contributed by atoms with Gasteiger partial charge in [-0.15, -0.1) is 10.2 Å². The predicted octanol–water partition coefficient (Wildman–Crippen LogP) is 3.01. The number of nitrogens with zero attached hydrogens (tertiary/aromatic N) is 2. The fraction of sp³-hybridized carbons (Fsp3) is 0.438. The van der Waals surface area contributed by atoms with Crippen LogP contribution in [0.25, 0.3) is 10.8 Å². The van der Waals surface area contributed by atoms with Gasteiger partial charge in [0.05, 0.1) is 16.7 Å². The van der Waals surface area contributed by atoms with E-state index in [1.807, 2.05) is 0 Å². The molecule has 0 aliphatic heterocycles. The number of anilines is 1. The van der Waals surface area contributed by atoms with E-state index in [0.717, 1.165) is 12.8 Å². The molecule has 3 N–H and O–H groups in total. The van der Waals surface area contributed by atoms with Gasteiger partial charge >= 0.3 is 0 Å². The number of nitrogens with one attached hydrogen (secondary N) is 2. The molecule has 0 radical (unpaired) electrons. The number of fused-ring (bicyclic) bond motifs is 1. The number of aliphatic hydroxyl groups excluding tert-OH is 1. The van der Waals surface area contributed by atoms with Gasteiger partial charge in [-0.2, -0.15) is 0 Å². The minimum atomic E-state index is -0.410. The highest BCUT2D eigenvalue weighted by Gasteiger charge is 2.20. The van der Waals surface area contributed by atoms with Gasteiger partial charge in [0.1, 0.15) is 0 Å². The number of hydrogen-bond donors (Lipinski definition) is 3. The molecule has 3 rings (SSSR count). The summed E-state index contributed by atoms with van der Waals surface area (Å²) in [5.74, 6) is 0.196. The second-order valence-corrected chi connectivity index (χ2v) is 6.63. The lowest BCUT2D eigenvalue weighted by molar-refractivity contribution is 0.0940. The molecule has 128 valence electrons. The number of carbonyl (C=O) groups excluding carboxylic acids is 1. The Labute approximate surface area is 149 Å². The van der Waals surface area contributed by atoms with Gasteiger partial charge in [-0.1, -0.05) is 36.0 Å². The SMILES string of the molecule is O=C(NCCO)c1nnc(NC2CCCC2)c2cc(Cl)c(Cl)cc12. The first-order chi connectivity index (χ1) is 11.6. The van der Waals surface area contributed by atoms with Crippen LogP contribution < -0.4 is 10.6 Å². The molecule has 1 saturated carbocycles. The summed E-state index contributed by atoms with van der Waals surface area (Å²) in [4.78, 5) is 12.2. The summed E-state index contributed by atoms with van der Waals surface area (Å²) < 4.78 is 0. The summed E-state index contributed by atoms with van der Waals surface area (Å²) in [6.45, 7) is -0.00356. The monoisotopic (exact) mass is 368 g/mol. The number of aliphatic hydroxyl groups is 1. The standard InChI is InChI=1S/C16H18Cl2N4O2/c17-12-7-10-11(8-13(12)18)15(20-9-3-1-2-4-9)22-21-14(10)16(24)19-5-6-23/h7-9,23H,1-6H2,(H,19,24)(H,20,22). The molecule has 8 heteroatoms. The molecule has 0 atom stereocenters. The maximum absolute atomic E-state index is 12.2. The molecule has 6 nitrogen and oxygen atoms in total. The van der Waals surface area contributed by atoms with Gasteiger partial charge in [0, 0.05) is 23.4 Å². The molecule has 1 aromatic carbocycles. The number of amides is 1. The third-order valence-electron chi connectivity index (χ3n) is 4.13. The fourth-order valence-electron chi connectivity index (χ4n) is 2.94. The summed E-state index contributed by atoms with van der Waals surface area (Å²) in [7, 11) is 0. The van der Waals surface area contributed by atoms with Crippen LogP contribution in [0.15, 0.2) is 12.1 Å². The van der Waals surface area contributed by atoms with Gasteiger partial charge in [-0.3, -0.25) is 4.79 Å². The van der Waals surface area contributed by atoms with Gasteiger partial charge in [0.15, 0.2) is 11.5 Å². The summed E-state index contributed by atoms with van der Waals surface area (Å²) in [6, 6.07) is 3.68. The van der Waals surface area contributed by atoms with Gasteiger partial charge in [-0.05, 0) is 25.0 Å². The second kappa shape index (κ2) is 7.51. The van der Waals surface area contributed by atoms with Gasteiger partial charge in [-0.25, -0.2) is 0 Å². The van der Waals surface area contributed by atoms with E-state index in [2.05, 4.69) is 20.8 Å². The molecule has 1 aliphatic rings. The molecule has 1 aromatic heterocycles. The van der Waals surface area contributed by atoms with Crippen LogP contribution in [0.2, 0.25) is 10.0 Å². The van der Waals surface area contributed by atoms with Crippen LogP contribution in [0.4, 0.5) is 5.82 Å². The lowest BCUT2D eigenvalue weighted by atomic mass is 10.1. The molecule has 0 saturated heterocycles. The maximum atomic E-state index is 12.2. The molecule has 1 amide bonds. The van der Waals surface area contributed by atoms with Crippen LogP contribution >= 0.6 is 23.2 Å². The smallest absolute Gasteiger partial charge is 0.272 e. The summed E-state index contributed by atoms with van der Waals surface area (Å²) in [6.07, 6.45) is 4.56. The van der Waals surface area contributed by atoms with Gasteiger partial charge in [0.2, 0.25) is 0 Å². The Kier molecular flexibility index (Phi) is 5.38. The average Bonchev–Trinajstić information content (AvgIpc) is 3.07. The zero-order valence-corrected chi connectivity index (χ0v) is 14.5. The van der Waals surface area contributed by atoms with Gasteiger partial charge in [0.25, 0.3) is 5.91 Å². The van der Waals surface area contributed by atoms with E-state index in [1.54, 1.807) is 12.1 Å². The first kappa shape index (κ1) is 17.2. The molecule has 24 heavy (non-hydrogen) atoms. The van der Waals surface area contributed by atoms with Crippen molar-refractivity contribution < 1.29 is 9.90 Å². The maximum Gasteiger partial charge on any atom is 0.272 e. The largest absolute Gasteiger partial charge is 0.395 e. The zero-order valence-electron chi connectivity index (χ0n) is 13.0. The van der Waals surface area contributed by atoms with E-state index in [0.29, 0.717) is 32.7 Å². The third kappa shape index (κ3) is 3.55. The van der Waals surface area contributed by atoms with Crippen LogP contribution in [0.3, 0.4) is 0 Å². The van der Waals surface area contributed by atoms with Crippen molar-refractivity contribution >= 4 is 45.7 Å². The molecule has 2 aromatic rings. The van der Waals surface area contributed by atoms with Crippen LogP contribution in [-0.4, -0.2) is 40.4 Å². The Bertz CT molecular complexity index is 763. The molecular weight excluding hydrogens is 351 g/mol. The van der Waals surface area contributed by atoms with Crippen LogP contribution in [0, 0.1) is 0 Å². The van der Waals surface area contributed by atoms with Crippen LogP contribution in [0.1, 0.15) is 36.2 Å². The summed E-state index contributed by atoms with van der Waals surface area (Å²) in [5, 5.41) is 25.1. The second-order valence-electron chi connectivity index (χ2n) is 5.81. The topological polar surface area (TPSA) is 87.1 Å². The summed E-state index contributed by atoms with van der Waals surface area (Å²) in [5.41, 5.74) is 0.161. The molecular formula is C16H18Cl2N4O2. The fourth-order valence-corrected chi connectivity index (χ4v) is 3.26. The van der Waals surface area contributed by atoms with Gasteiger partial charge < -0.3 is 15.7 Å². The third-order valence-corrected chi connectivity index (χ3v) is 4.85. The van der Waals surface area contributed by atoms with Crippen molar-refractivity contribution in [1.82, 2.24) is 15.5 Å². The predicted molar refractivity (Wildman–Crippen MR) is 94.9 cm³/mol. The molecule has 0 spiro atoms. The number of carbonyl (C=O) groups is 1. The zero-order chi connectivity index (χ0) is 17.1. The Morgan fingerprint density at radius 2 is 1.83 bits per heavy atom. The van der Waals surface area contributed by atoms with E-state index < -0.39 is 5.91 Å². The number of hydrogen-bond acceptors (Lipinski definition) is 5. The minimum Gasteiger partial charge on any atom is -0.395 e. The number of halogens is 2. The first-order valence-electron chi connectivity index (χ1n) is 7.91. The van der Waals surface area contributed by atoms with Crippen molar-refractivity contribution in [3.05, 3.63) is 27.9 Å². The van der Waals surface area contributed by atoms with Crippen molar-refractivity contribution in [3.8, 4) is 0 Å². The van der Waals surface area contributed by atoms with E-state index in [1.165, 1.54) is 12.8 Å². The molecule has 1 fully saturated rings. The van der Waals surface area contributed by atoms with Crippen molar-refractivity contribution in [2.45, 2.75) is 31.7 Å². The van der Waals surface area contributed by atoms with Crippen molar-refractivity contribution in [2.24, 2.45) is 0 Å². The number of benzene rings is 1. The molecule has 1 heterocycles. The summed E-state index contributed by atoms with van der Waals surface area (Å²) >= 11 is 12.3. The lowest BCUT2D eigenvalue weighted by Gasteiger charge is -2.15. The van der Waals surface area contributed by atoms with Crippen molar-refractivity contribution in [3.63, 3.8) is 0 Å². The van der Waals surface area contributed by atoms with Crippen molar-refractivity contribution in [2.75, 3.05) is 18.5 Å². The number of rotatable bonds is 5. The number of aromatic nitrogens is 2. The molecule has 0 bridgehead atoms. The highest BCUT2D eigenvalue weighted by atomic mass is 35.5. The van der Waals surface area contributed by atoms with Crippen molar-refractivity contribution in [1.29, 1.82) is 0 Å². The average molecular weight is 369 g/mol. The Balaban J connectivity index is 2.04. The minimum absolute atomic E-state index is 0.144. The normalized spacial score (nSPS) is 15.0. The Morgan fingerprint density at radius 3 is 2.50 bits per heavy atom. The highest BCUT2D eigenvalue weighted by molar-refractivity contribution is 6.43. The first-order valence-corrected chi connectivity index (χ1v) is 8.66. The van der Waals surface area contributed by atoms with E-state index in [4.69, 9.17) is 28.3 Å². The van der Waals surface area contributed by atoms with Crippen LogP contribution in [0.5, 0.6) is 0 Å². The highest BCUT2D eigenvalue weighted by Crippen LogP contribution is 2.33. The Hall–Kier alpha value is -1.63. The molecule has 1 aliphatic carbocycles. The van der Waals surface area contributed by atoms with E-state index >= 15 is 0 Å². The van der Waals surface area contributed by atoms with E-state index in [-0.39, 0.29) is 18.8 Å².